The first kappa shape index (κ1) is 16.2. The summed E-state index contributed by atoms with van der Waals surface area (Å²) < 4.78 is 41.4. The molecule has 1 aromatic rings. The van der Waals surface area contributed by atoms with Gasteiger partial charge < -0.3 is 4.74 Å². The average molecular weight is 336 g/mol. The quantitative estimate of drug-likeness (QED) is 0.856. The fraction of sp³-hybridized carbons (Fsp3) is 0.462. The van der Waals surface area contributed by atoms with Gasteiger partial charge in [0.2, 0.25) is 10.0 Å². The van der Waals surface area contributed by atoms with E-state index in [1.807, 2.05) is 0 Å². The van der Waals surface area contributed by atoms with Crippen LogP contribution in [0.5, 0.6) is 0 Å². The van der Waals surface area contributed by atoms with Crippen LogP contribution in [0.4, 0.5) is 4.39 Å². The number of rotatable bonds is 4. The van der Waals surface area contributed by atoms with Crippen molar-refractivity contribution in [2.45, 2.75) is 30.6 Å². The van der Waals surface area contributed by atoms with Gasteiger partial charge in [-0.3, -0.25) is 0 Å². The van der Waals surface area contributed by atoms with Crippen molar-refractivity contribution in [1.29, 1.82) is 0 Å². The van der Waals surface area contributed by atoms with Crippen molar-refractivity contribution in [1.82, 2.24) is 0 Å². The third-order valence-electron chi connectivity index (χ3n) is 3.47. The van der Waals surface area contributed by atoms with Gasteiger partial charge in [0, 0.05) is 0 Å². The second-order valence-electron chi connectivity index (χ2n) is 5.06. The number of benzene rings is 1. The zero-order valence-electron chi connectivity index (χ0n) is 11.1. The van der Waals surface area contributed by atoms with Crippen molar-refractivity contribution >= 4 is 27.6 Å². The summed E-state index contributed by atoms with van der Waals surface area (Å²) in [6.45, 7) is 0.200. The number of carbonyl (C=O) groups is 1. The smallest absolute Gasteiger partial charge is 0.341 e. The summed E-state index contributed by atoms with van der Waals surface area (Å²) in [5.41, 5.74) is -0.485. The molecule has 0 atom stereocenters. The van der Waals surface area contributed by atoms with Crippen molar-refractivity contribution in [3.05, 3.63) is 28.5 Å². The maximum absolute atomic E-state index is 13.7. The highest BCUT2D eigenvalue weighted by atomic mass is 35.5. The van der Waals surface area contributed by atoms with Crippen molar-refractivity contribution in [2.24, 2.45) is 11.1 Å². The molecule has 0 heterocycles. The van der Waals surface area contributed by atoms with E-state index in [1.54, 1.807) is 0 Å². The van der Waals surface area contributed by atoms with E-state index in [1.165, 1.54) is 0 Å². The number of carbonyl (C=O) groups excluding carboxylic acids is 1. The van der Waals surface area contributed by atoms with Gasteiger partial charge in [-0.15, -0.1) is 0 Å². The molecule has 0 bridgehead atoms. The first-order valence-corrected chi connectivity index (χ1v) is 8.40. The summed E-state index contributed by atoms with van der Waals surface area (Å²) in [5, 5.41) is 4.59. The zero-order valence-corrected chi connectivity index (χ0v) is 12.7. The molecule has 5 nitrogen and oxygen atoms in total. The summed E-state index contributed by atoms with van der Waals surface area (Å²) in [6.07, 6.45) is 4.12. The third-order valence-corrected chi connectivity index (χ3v) is 4.85. The van der Waals surface area contributed by atoms with Gasteiger partial charge in [0.05, 0.1) is 17.2 Å². The molecule has 1 aromatic carbocycles. The third kappa shape index (κ3) is 3.93. The van der Waals surface area contributed by atoms with Crippen molar-refractivity contribution in [3.63, 3.8) is 0 Å². The second-order valence-corrected chi connectivity index (χ2v) is 6.99. The number of nitrogens with two attached hydrogens (primary N) is 1. The highest BCUT2D eigenvalue weighted by Gasteiger charge is 2.23. The van der Waals surface area contributed by atoms with Crippen LogP contribution in [-0.2, 0) is 14.8 Å². The van der Waals surface area contributed by atoms with Crippen LogP contribution in [0.1, 0.15) is 36.0 Å². The molecule has 0 saturated heterocycles. The molecule has 0 unspecified atom stereocenters. The number of halogens is 2. The predicted octanol–water partition coefficient (Wildman–Crippen LogP) is 2.47. The normalized spacial score (nSPS) is 16.1. The molecule has 1 fully saturated rings. The Bertz CT molecular complexity index is 656. The average Bonchev–Trinajstić information content (AvgIpc) is 2.87. The summed E-state index contributed by atoms with van der Waals surface area (Å²) in [7, 11) is -4.14. The molecule has 116 valence electrons. The first-order valence-electron chi connectivity index (χ1n) is 6.48. The summed E-state index contributed by atoms with van der Waals surface area (Å²) in [4.78, 5) is 11.4. The Morgan fingerprint density at radius 3 is 2.57 bits per heavy atom. The molecular weight excluding hydrogens is 321 g/mol. The van der Waals surface area contributed by atoms with Gasteiger partial charge in [0.1, 0.15) is 10.7 Å². The Labute approximate surface area is 127 Å². The number of primary sulfonamides is 1. The van der Waals surface area contributed by atoms with E-state index in [9.17, 15) is 17.6 Å². The van der Waals surface area contributed by atoms with Gasteiger partial charge in [-0.1, -0.05) is 24.4 Å². The number of hydrogen-bond donors (Lipinski definition) is 1. The van der Waals surface area contributed by atoms with Gasteiger partial charge >= 0.3 is 5.97 Å². The van der Waals surface area contributed by atoms with E-state index in [2.05, 4.69) is 0 Å². The van der Waals surface area contributed by atoms with Gasteiger partial charge in [-0.05, 0) is 30.9 Å². The molecule has 21 heavy (non-hydrogen) atoms. The monoisotopic (exact) mass is 335 g/mol. The predicted molar refractivity (Wildman–Crippen MR) is 75.0 cm³/mol. The van der Waals surface area contributed by atoms with E-state index >= 15 is 0 Å². The zero-order chi connectivity index (χ0) is 15.6. The lowest BCUT2D eigenvalue weighted by molar-refractivity contribution is 0.0437. The summed E-state index contributed by atoms with van der Waals surface area (Å²) in [5.74, 6) is -1.58. The molecule has 0 spiro atoms. The molecule has 0 aromatic heterocycles. The van der Waals surface area contributed by atoms with Gasteiger partial charge in [-0.25, -0.2) is 22.7 Å². The topological polar surface area (TPSA) is 86.5 Å². The molecule has 0 aliphatic heterocycles. The molecule has 1 aliphatic rings. The maximum atomic E-state index is 13.7. The van der Waals surface area contributed by atoms with Crippen LogP contribution in [0, 0.1) is 11.7 Å². The van der Waals surface area contributed by atoms with E-state index in [0.29, 0.717) is 0 Å². The van der Waals surface area contributed by atoms with Crippen molar-refractivity contribution in [3.8, 4) is 0 Å². The van der Waals surface area contributed by atoms with Crippen LogP contribution in [0.15, 0.2) is 17.0 Å². The lowest BCUT2D eigenvalue weighted by atomic mass is 10.1. The minimum atomic E-state index is -4.14. The Kier molecular flexibility index (Phi) is 4.85. The van der Waals surface area contributed by atoms with Gasteiger partial charge in [0.15, 0.2) is 0 Å². The minimum absolute atomic E-state index is 0.200. The Morgan fingerprint density at radius 2 is 2.00 bits per heavy atom. The van der Waals surface area contributed by atoms with Crippen LogP contribution in [0.2, 0.25) is 5.02 Å². The molecule has 0 amide bonds. The minimum Gasteiger partial charge on any atom is -0.462 e. The van der Waals surface area contributed by atoms with Crippen LogP contribution in [-0.4, -0.2) is 21.0 Å². The highest BCUT2D eigenvalue weighted by Crippen LogP contribution is 2.27. The van der Waals surface area contributed by atoms with E-state index in [-0.39, 0.29) is 17.5 Å². The lowest BCUT2D eigenvalue weighted by Gasteiger charge is -2.11. The fourth-order valence-electron chi connectivity index (χ4n) is 2.35. The standard InChI is InChI=1S/C13H15ClFNO4S/c14-10-6-11(15)9(5-12(10)21(16,18)19)13(17)20-7-8-3-1-2-4-8/h5-6,8H,1-4,7H2,(H2,16,18,19). The van der Waals surface area contributed by atoms with E-state index in [4.69, 9.17) is 21.5 Å². The largest absolute Gasteiger partial charge is 0.462 e. The maximum Gasteiger partial charge on any atom is 0.341 e. The Hall–Kier alpha value is -1.18. The van der Waals surface area contributed by atoms with Gasteiger partial charge in [-0.2, -0.15) is 0 Å². The fourth-order valence-corrected chi connectivity index (χ4v) is 3.44. The molecule has 1 aliphatic carbocycles. The molecular formula is C13H15ClFNO4S. The van der Waals surface area contributed by atoms with Crippen molar-refractivity contribution < 1.29 is 22.3 Å². The Balaban J connectivity index is 2.20. The Morgan fingerprint density at radius 1 is 1.38 bits per heavy atom. The second kappa shape index (κ2) is 6.29. The molecule has 1 saturated carbocycles. The number of ether oxygens (including phenoxy) is 1. The highest BCUT2D eigenvalue weighted by molar-refractivity contribution is 7.89. The van der Waals surface area contributed by atoms with Crippen LogP contribution >= 0.6 is 11.6 Å². The molecule has 2 N–H and O–H groups in total. The molecule has 2 rings (SSSR count). The van der Waals surface area contributed by atoms with Crippen LogP contribution in [0.3, 0.4) is 0 Å². The first-order chi connectivity index (χ1) is 9.79. The molecule has 0 radical (unpaired) electrons. The van der Waals surface area contributed by atoms with E-state index in [0.717, 1.165) is 37.8 Å². The van der Waals surface area contributed by atoms with Gasteiger partial charge in [0.25, 0.3) is 0 Å². The summed E-state index contributed by atoms with van der Waals surface area (Å²) >= 11 is 5.62. The number of sulfonamides is 1. The van der Waals surface area contributed by atoms with E-state index < -0.39 is 32.3 Å². The summed E-state index contributed by atoms with van der Waals surface area (Å²) in [6, 6.07) is 1.55. The molecule has 8 heteroatoms. The van der Waals surface area contributed by atoms with Crippen LogP contribution in [0.25, 0.3) is 0 Å². The number of esters is 1. The number of hydrogen-bond acceptors (Lipinski definition) is 4. The lowest BCUT2D eigenvalue weighted by Crippen LogP contribution is -2.17. The SMILES string of the molecule is NS(=O)(=O)c1cc(C(=O)OCC2CCCC2)c(F)cc1Cl. The van der Waals surface area contributed by atoms with Crippen LogP contribution < -0.4 is 5.14 Å². The van der Waals surface area contributed by atoms with Crippen molar-refractivity contribution in [2.75, 3.05) is 6.61 Å².